The molecule has 0 aliphatic carbocycles. The van der Waals surface area contributed by atoms with Crippen LogP contribution in [0.1, 0.15) is 15.9 Å². The maximum atomic E-state index is 11.9. The fraction of sp³-hybridized carbons (Fsp3) is 0.0625. The first-order valence-electron chi connectivity index (χ1n) is 6.05. The van der Waals surface area contributed by atoms with Gasteiger partial charge in [-0.15, -0.1) is 0 Å². The highest BCUT2D eigenvalue weighted by Crippen LogP contribution is 2.11. The summed E-state index contributed by atoms with van der Waals surface area (Å²) >= 11 is 1.10. The summed E-state index contributed by atoms with van der Waals surface area (Å²) in [5.74, 6) is 0.229. The van der Waals surface area contributed by atoms with Crippen LogP contribution < -0.4 is 0 Å². The molecule has 0 aliphatic rings. The fourth-order valence-corrected chi connectivity index (χ4v) is 2.22. The van der Waals surface area contributed by atoms with E-state index < -0.39 is 0 Å². The molecule has 0 bridgehead atoms. The molecule has 0 aliphatic heterocycles. The SMILES string of the molecule is N#C/C(=N\SCC(=O)c1ccccc1)c1ccccc1. The van der Waals surface area contributed by atoms with E-state index in [0.29, 0.717) is 11.3 Å². The molecule has 0 aromatic heterocycles. The molecule has 4 heteroatoms. The Morgan fingerprint density at radius 1 is 1.00 bits per heavy atom. The number of carbonyl (C=O) groups excluding carboxylic acids is 1. The van der Waals surface area contributed by atoms with E-state index in [1.807, 2.05) is 54.6 Å². The number of benzene rings is 2. The van der Waals surface area contributed by atoms with Gasteiger partial charge >= 0.3 is 0 Å². The van der Waals surface area contributed by atoms with Gasteiger partial charge in [0.1, 0.15) is 6.07 Å². The minimum absolute atomic E-state index is 0.00435. The topological polar surface area (TPSA) is 53.2 Å². The van der Waals surface area contributed by atoms with Gasteiger partial charge in [0.2, 0.25) is 0 Å². The molecule has 0 radical (unpaired) electrons. The Bertz CT molecular complexity index is 645. The van der Waals surface area contributed by atoms with Crippen molar-refractivity contribution in [2.45, 2.75) is 0 Å². The summed E-state index contributed by atoms with van der Waals surface area (Å²) < 4.78 is 4.13. The number of carbonyl (C=O) groups is 1. The summed E-state index contributed by atoms with van der Waals surface area (Å²) in [7, 11) is 0. The summed E-state index contributed by atoms with van der Waals surface area (Å²) in [4.78, 5) is 11.9. The molecule has 2 rings (SSSR count). The van der Waals surface area contributed by atoms with Crippen LogP contribution >= 0.6 is 11.9 Å². The van der Waals surface area contributed by atoms with Crippen molar-refractivity contribution in [2.75, 3.05) is 5.75 Å². The zero-order valence-electron chi connectivity index (χ0n) is 10.7. The maximum Gasteiger partial charge on any atom is 0.174 e. The summed E-state index contributed by atoms with van der Waals surface area (Å²) in [6.45, 7) is 0. The van der Waals surface area contributed by atoms with Crippen LogP contribution in [0.2, 0.25) is 0 Å². The number of hydrogen-bond acceptors (Lipinski definition) is 4. The van der Waals surface area contributed by atoms with Gasteiger partial charge in [0.25, 0.3) is 0 Å². The highest BCUT2D eigenvalue weighted by Gasteiger charge is 2.06. The Balaban J connectivity index is 1.99. The van der Waals surface area contributed by atoms with Crippen molar-refractivity contribution >= 4 is 23.4 Å². The van der Waals surface area contributed by atoms with Gasteiger partial charge in [0, 0.05) is 11.1 Å². The van der Waals surface area contributed by atoms with Crippen molar-refractivity contribution in [1.82, 2.24) is 0 Å². The smallest absolute Gasteiger partial charge is 0.174 e. The summed E-state index contributed by atoms with van der Waals surface area (Å²) in [6.07, 6.45) is 0. The van der Waals surface area contributed by atoms with Gasteiger partial charge in [0.15, 0.2) is 11.5 Å². The van der Waals surface area contributed by atoms with Gasteiger partial charge in [-0.25, -0.2) is 4.40 Å². The molecule has 0 spiro atoms. The molecule has 2 aromatic rings. The summed E-state index contributed by atoms with van der Waals surface area (Å²) in [5.41, 5.74) is 1.75. The molecular formula is C16H12N2OS. The standard InChI is InChI=1S/C16H12N2OS/c17-11-15(13-7-3-1-4-8-13)18-20-12-16(19)14-9-5-2-6-10-14/h1-10H,12H2/b18-15+. The first kappa shape index (κ1) is 14.0. The lowest BCUT2D eigenvalue weighted by Crippen LogP contribution is -2.02. The minimum atomic E-state index is 0.00435. The van der Waals surface area contributed by atoms with E-state index in [1.54, 1.807) is 12.1 Å². The fourth-order valence-electron chi connectivity index (χ4n) is 1.60. The van der Waals surface area contributed by atoms with Gasteiger partial charge in [-0.3, -0.25) is 4.79 Å². The lowest BCUT2D eigenvalue weighted by Gasteiger charge is -1.99. The highest BCUT2D eigenvalue weighted by molar-refractivity contribution is 7.98. The van der Waals surface area contributed by atoms with E-state index in [0.717, 1.165) is 17.5 Å². The van der Waals surface area contributed by atoms with Crippen molar-refractivity contribution in [1.29, 1.82) is 5.26 Å². The van der Waals surface area contributed by atoms with Crippen LogP contribution in [0.4, 0.5) is 0 Å². The zero-order chi connectivity index (χ0) is 14.2. The second-order valence-corrected chi connectivity index (χ2v) is 4.71. The van der Waals surface area contributed by atoms with Crippen LogP contribution in [0.25, 0.3) is 0 Å². The van der Waals surface area contributed by atoms with Crippen LogP contribution in [0.15, 0.2) is 65.1 Å². The van der Waals surface area contributed by atoms with Gasteiger partial charge in [-0.05, 0) is 11.9 Å². The van der Waals surface area contributed by atoms with Gasteiger partial charge in [0.05, 0.1) is 5.75 Å². The lowest BCUT2D eigenvalue weighted by molar-refractivity contribution is 0.102. The van der Waals surface area contributed by atoms with Crippen LogP contribution in [-0.4, -0.2) is 17.2 Å². The van der Waals surface area contributed by atoms with E-state index in [4.69, 9.17) is 5.26 Å². The number of rotatable bonds is 5. The molecule has 2 aromatic carbocycles. The van der Waals surface area contributed by atoms with E-state index in [-0.39, 0.29) is 11.5 Å². The number of ketones is 1. The van der Waals surface area contributed by atoms with E-state index >= 15 is 0 Å². The maximum absolute atomic E-state index is 11.9. The molecule has 20 heavy (non-hydrogen) atoms. The molecule has 0 fully saturated rings. The first-order valence-corrected chi connectivity index (χ1v) is 6.99. The van der Waals surface area contributed by atoms with Crippen molar-refractivity contribution in [3.63, 3.8) is 0 Å². The summed E-state index contributed by atoms with van der Waals surface area (Å²) in [5, 5.41) is 9.08. The third-order valence-corrected chi connectivity index (χ3v) is 3.30. The third kappa shape index (κ3) is 3.81. The Kier molecular flexibility index (Phi) is 5.10. The van der Waals surface area contributed by atoms with Crippen molar-refractivity contribution in [2.24, 2.45) is 4.40 Å². The third-order valence-electron chi connectivity index (χ3n) is 2.60. The number of nitriles is 1. The Morgan fingerprint density at radius 3 is 2.10 bits per heavy atom. The highest BCUT2D eigenvalue weighted by atomic mass is 32.2. The molecule has 0 N–H and O–H groups in total. The Labute approximate surface area is 122 Å². The molecule has 0 heterocycles. The average molecular weight is 280 g/mol. The lowest BCUT2D eigenvalue weighted by atomic mass is 10.1. The molecule has 0 atom stereocenters. The van der Waals surface area contributed by atoms with Crippen LogP contribution in [0.5, 0.6) is 0 Å². The normalized spacial score (nSPS) is 10.8. The molecule has 0 unspecified atom stereocenters. The average Bonchev–Trinajstić information content (AvgIpc) is 2.53. The predicted octanol–water partition coefficient (Wildman–Crippen LogP) is 3.53. The largest absolute Gasteiger partial charge is 0.293 e. The van der Waals surface area contributed by atoms with Crippen molar-refractivity contribution in [3.8, 4) is 6.07 Å². The van der Waals surface area contributed by atoms with E-state index in [2.05, 4.69) is 4.40 Å². The van der Waals surface area contributed by atoms with Crippen LogP contribution in [-0.2, 0) is 0 Å². The van der Waals surface area contributed by atoms with Crippen LogP contribution in [0, 0.1) is 11.3 Å². The Hall–Kier alpha value is -2.38. The number of nitrogens with zero attached hydrogens (tertiary/aromatic N) is 2. The molecular weight excluding hydrogens is 268 g/mol. The second-order valence-electron chi connectivity index (χ2n) is 3.98. The predicted molar refractivity (Wildman–Crippen MR) is 81.8 cm³/mol. The molecule has 0 amide bonds. The quantitative estimate of drug-likeness (QED) is 0.478. The van der Waals surface area contributed by atoms with Crippen LogP contribution in [0.3, 0.4) is 0 Å². The van der Waals surface area contributed by atoms with Gasteiger partial charge < -0.3 is 0 Å². The van der Waals surface area contributed by atoms with Gasteiger partial charge in [-0.1, -0.05) is 60.7 Å². The molecule has 3 nitrogen and oxygen atoms in total. The van der Waals surface area contributed by atoms with E-state index in [9.17, 15) is 4.79 Å². The van der Waals surface area contributed by atoms with Gasteiger partial charge in [-0.2, -0.15) is 5.26 Å². The van der Waals surface area contributed by atoms with Crippen molar-refractivity contribution < 1.29 is 4.79 Å². The molecule has 0 saturated heterocycles. The Morgan fingerprint density at radius 2 is 1.55 bits per heavy atom. The second kappa shape index (κ2) is 7.27. The van der Waals surface area contributed by atoms with Crippen molar-refractivity contribution in [3.05, 3.63) is 71.8 Å². The summed E-state index contributed by atoms with van der Waals surface area (Å²) in [6, 6.07) is 20.3. The number of Topliss-reactive ketones (excluding diaryl/α,β-unsaturated/α-hetero) is 1. The monoisotopic (exact) mass is 280 g/mol. The molecule has 98 valence electrons. The van der Waals surface area contributed by atoms with E-state index in [1.165, 1.54) is 0 Å². The first-order chi connectivity index (χ1) is 9.81. The minimum Gasteiger partial charge on any atom is -0.293 e. The molecule has 0 saturated carbocycles. The zero-order valence-corrected chi connectivity index (χ0v) is 11.5. The number of hydrogen-bond donors (Lipinski definition) is 0.